The van der Waals surface area contributed by atoms with Crippen molar-refractivity contribution in [2.75, 3.05) is 6.61 Å². The van der Waals surface area contributed by atoms with Crippen molar-refractivity contribution in [1.82, 2.24) is 4.57 Å². The molecule has 5 nitrogen and oxygen atoms in total. The van der Waals surface area contributed by atoms with Crippen LogP contribution in [-0.4, -0.2) is 23.1 Å². The molecule has 0 aliphatic heterocycles. The number of benzene rings is 2. The second kappa shape index (κ2) is 8.37. The summed E-state index contributed by atoms with van der Waals surface area (Å²) < 4.78 is 13.2. The number of hydrogen-bond acceptors (Lipinski definition) is 4. The molecule has 7 heteroatoms. The first-order valence-electron chi connectivity index (χ1n) is 8.72. The Labute approximate surface area is 176 Å². The molecule has 146 valence electrons. The fourth-order valence-electron chi connectivity index (χ4n) is 3.16. The lowest BCUT2D eigenvalue weighted by Crippen LogP contribution is -2.09. The van der Waals surface area contributed by atoms with Crippen LogP contribution in [-0.2, 0) is 23.0 Å². The van der Waals surface area contributed by atoms with E-state index >= 15 is 0 Å². The van der Waals surface area contributed by atoms with Crippen molar-refractivity contribution in [3.8, 4) is 5.75 Å². The number of halogens is 2. The Morgan fingerprint density at radius 1 is 1.18 bits per heavy atom. The van der Waals surface area contributed by atoms with Crippen molar-refractivity contribution < 1.29 is 19.1 Å². The van der Waals surface area contributed by atoms with Gasteiger partial charge in [0.05, 0.1) is 22.2 Å². The van der Waals surface area contributed by atoms with E-state index in [1.54, 1.807) is 13.0 Å². The standard InChI is InChI=1S/C21H19BrClNO4/c1-4-27-21(26)20-15-10-19(28-12(2)25)16(22)11-17(15)24(3)18(20)9-13-5-7-14(23)8-6-13/h5-8,10-11H,4,9H2,1-3H3. The Kier molecular flexibility index (Phi) is 6.10. The number of nitrogens with zero attached hydrogens (tertiary/aromatic N) is 1. The zero-order valence-electron chi connectivity index (χ0n) is 15.7. The molecule has 2 aromatic carbocycles. The summed E-state index contributed by atoms with van der Waals surface area (Å²) in [4.78, 5) is 24.2. The number of aryl methyl sites for hydroxylation is 1. The summed E-state index contributed by atoms with van der Waals surface area (Å²) in [6.07, 6.45) is 0.525. The molecule has 0 amide bonds. The predicted octanol–water partition coefficient (Wildman–Crippen LogP) is 5.29. The molecule has 0 saturated heterocycles. The third-order valence-corrected chi connectivity index (χ3v) is 5.26. The van der Waals surface area contributed by atoms with Gasteiger partial charge in [0.25, 0.3) is 0 Å². The molecule has 0 aliphatic carbocycles. The zero-order chi connectivity index (χ0) is 20.4. The van der Waals surface area contributed by atoms with Crippen LogP contribution in [0.15, 0.2) is 40.9 Å². The number of aromatic nitrogens is 1. The first kappa shape index (κ1) is 20.4. The monoisotopic (exact) mass is 463 g/mol. The van der Waals surface area contributed by atoms with Crippen LogP contribution in [0.2, 0.25) is 5.02 Å². The van der Waals surface area contributed by atoms with E-state index in [0.717, 1.165) is 16.8 Å². The van der Waals surface area contributed by atoms with Crippen LogP contribution in [0.1, 0.15) is 35.5 Å². The molecule has 0 bridgehead atoms. The zero-order valence-corrected chi connectivity index (χ0v) is 18.1. The smallest absolute Gasteiger partial charge is 0.340 e. The van der Waals surface area contributed by atoms with Gasteiger partial charge in [-0.05, 0) is 52.7 Å². The Balaban J connectivity index is 2.21. The summed E-state index contributed by atoms with van der Waals surface area (Å²) in [5.74, 6) is -0.489. The molecule has 0 saturated carbocycles. The second-order valence-electron chi connectivity index (χ2n) is 6.30. The topological polar surface area (TPSA) is 57.5 Å². The molecule has 0 N–H and O–H groups in total. The van der Waals surface area contributed by atoms with Crippen molar-refractivity contribution in [3.63, 3.8) is 0 Å². The number of fused-ring (bicyclic) bond motifs is 1. The van der Waals surface area contributed by atoms with Crippen LogP contribution in [0.5, 0.6) is 5.75 Å². The maximum absolute atomic E-state index is 12.8. The number of carbonyl (C=O) groups is 2. The van der Waals surface area contributed by atoms with E-state index in [1.165, 1.54) is 6.92 Å². The van der Waals surface area contributed by atoms with E-state index < -0.39 is 11.9 Å². The first-order valence-corrected chi connectivity index (χ1v) is 9.89. The van der Waals surface area contributed by atoms with Gasteiger partial charge in [-0.15, -0.1) is 0 Å². The Hall–Kier alpha value is -2.31. The highest BCUT2D eigenvalue weighted by atomic mass is 79.9. The van der Waals surface area contributed by atoms with Crippen LogP contribution in [0, 0.1) is 0 Å². The van der Waals surface area contributed by atoms with Gasteiger partial charge < -0.3 is 14.0 Å². The van der Waals surface area contributed by atoms with Gasteiger partial charge in [-0.3, -0.25) is 4.79 Å². The summed E-state index contributed by atoms with van der Waals surface area (Å²) in [5, 5.41) is 1.32. The maximum atomic E-state index is 12.8. The van der Waals surface area contributed by atoms with Gasteiger partial charge in [0, 0.05) is 36.5 Å². The van der Waals surface area contributed by atoms with Crippen LogP contribution < -0.4 is 4.74 Å². The molecule has 0 radical (unpaired) electrons. The fourth-order valence-corrected chi connectivity index (χ4v) is 3.69. The lowest BCUT2D eigenvalue weighted by molar-refractivity contribution is -0.131. The number of ether oxygens (including phenoxy) is 2. The largest absolute Gasteiger partial charge is 0.462 e. The molecule has 1 aromatic heterocycles. The lowest BCUT2D eigenvalue weighted by atomic mass is 10.0. The molecule has 0 fully saturated rings. The van der Waals surface area contributed by atoms with Gasteiger partial charge in [0.1, 0.15) is 5.75 Å². The van der Waals surface area contributed by atoms with Gasteiger partial charge in [-0.25, -0.2) is 4.79 Å². The Bertz CT molecular complexity index is 1060. The first-order chi connectivity index (χ1) is 13.3. The van der Waals surface area contributed by atoms with Gasteiger partial charge in [0.15, 0.2) is 0 Å². The molecule has 0 atom stereocenters. The predicted molar refractivity (Wildman–Crippen MR) is 112 cm³/mol. The Morgan fingerprint density at radius 2 is 1.86 bits per heavy atom. The summed E-state index contributed by atoms with van der Waals surface area (Å²) in [5.41, 5.74) is 3.12. The normalized spacial score (nSPS) is 10.9. The van der Waals surface area contributed by atoms with E-state index in [0.29, 0.717) is 32.6 Å². The third kappa shape index (κ3) is 4.08. The van der Waals surface area contributed by atoms with Crippen molar-refractivity contribution in [3.05, 3.63) is 62.7 Å². The fraction of sp³-hybridized carbons (Fsp3) is 0.238. The number of hydrogen-bond donors (Lipinski definition) is 0. The van der Waals surface area contributed by atoms with Crippen LogP contribution in [0.25, 0.3) is 10.9 Å². The lowest BCUT2D eigenvalue weighted by Gasteiger charge is -2.08. The van der Waals surface area contributed by atoms with Gasteiger partial charge in [0.2, 0.25) is 0 Å². The molecular weight excluding hydrogens is 446 g/mol. The van der Waals surface area contributed by atoms with Crippen molar-refractivity contribution >= 4 is 50.4 Å². The van der Waals surface area contributed by atoms with Gasteiger partial charge in [-0.2, -0.15) is 0 Å². The van der Waals surface area contributed by atoms with E-state index in [9.17, 15) is 9.59 Å². The summed E-state index contributed by atoms with van der Waals surface area (Å²) in [7, 11) is 1.90. The summed E-state index contributed by atoms with van der Waals surface area (Å²) >= 11 is 9.42. The minimum Gasteiger partial charge on any atom is -0.462 e. The summed E-state index contributed by atoms with van der Waals surface area (Å²) in [6, 6.07) is 11.0. The third-order valence-electron chi connectivity index (χ3n) is 4.39. The number of rotatable bonds is 5. The molecule has 0 unspecified atom stereocenters. The average molecular weight is 465 g/mol. The highest BCUT2D eigenvalue weighted by Gasteiger charge is 2.24. The number of esters is 2. The van der Waals surface area contributed by atoms with Crippen LogP contribution in [0.3, 0.4) is 0 Å². The van der Waals surface area contributed by atoms with Gasteiger partial charge >= 0.3 is 11.9 Å². The van der Waals surface area contributed by atoms with E-state index in [-0.39, 0.29) is 6.61 Å². The molecule has 3 rings (SSSR count). The molecule has 28 heavy (non-hydrogen) atoms. The van der Waals surface area contributed by atoms with E-state index in [4.69, 9.17) is 21.1 Å². The molecule has 0 aliphatic rings. The highest BCUT2D eigenvalue weighted by Crippen LogP contribution is 2.36. The Morgan fingerprint density at radius 3 is 2.46 bits per heavy atom. The summed E-state index contributed by atoms with van der Waals surface area (Å²) in [6.45, 7) is 3.37. The maximum Gasteiger partial charge on any atom is 0.340 e. The minimum atomic E-state index is -0.435. The van der Waals surface area contributed by atoms with Crippen molar-refractivity contribution in [2.24, 2.45) is 7.05 Å². The molecule has 0 spiro atoms. The van der Waals surface area contributed by atoms with E-state index in [1.807, 2.05) is 41.9 Å². The highest BCUT2D eigenvalue weighted by molar-refractivity contribution is 9.10. The molecule has 1 heterocycles. The molecule has 3 aromatic rings. The quantitative estimate of drug-likeness (QED) is 0.380. The van der Waals surface area contributed by atoms with Crippen molar-refractivity contribution in [2.45, 2.75) is 20.3 Å². The van der Waals surface area contributed by atoms with Crippen molar-refractivity contribution in [1.29, 1.82) is 0 Å². The second-order valence-corrected chi connectivity index (χ2v) is 7.59. The van der Waals surface area contributed by atoms with Crippen LogP contribution >= 0.6 is 27.5 Å². The molecular formula is C21H19BrClNO4. The average Bonchev–Trinajstić information content (AvgIpc) is 2.89. The minimum absolute atomic E-state index is 0.267. The van der Waals surface area contributed by atoms with E-state index in [2.05, 4.69) is 15.9 Å². The number of carbonyl (C=O) groups excluding carboxylic acids is 2. The van der Waals surface area contributed by atoms with Gasteiger partial charge in [-0.1, -0.05) is 23.7 Å². The SMILES string of the molecule is CCOC(=O)c1c(Cc2ccc(Cl)cc2)n(C)c2cc(Br)c(OC(C)=O)cc12. The van der Waals surface area contributed by atoms with Crippen LogP contribution in [0.4, 0.5) is 0 Å².